The van der Waals surface area contributed by atoms with Crippen LogP contribution in [0.5, 0.6) is 0 Å². The highest BCUT2D eigenvalue weighted by atomic mass is 16.1. The number of aromatic amines is 1. The minimum Gasteiger partial charge on any atom is -0.330 e. The fourth-order valence-electron chi connectivity index (χ4n) is 2.52. The number of fused-ring (bicyclic) bond motifs is 1. The molecular formula is C14H16N4O. The smallest absolute Gasteiger partial charge is 0.228 e. The Balaban J connectivity index is 2.04. The molecule has 4 N–H and O–H groups in total. The monoisotopic (exact) mass is 256 g/mol. The van der Waals surface area contributed by atoms with Gasteiger partial charge in [0.25, 0.3) is 0 Å². The van der Waals surface area contributed by atoms with Crippen molar-refractivity contribution in [3.05, 3.63) is 35.0 Å². The van der Waals surface area contributed by atoms with Crippen LogP contribution < -0.4 is 11.1 Å². The molecule has 3 rings (SSSR count). The van der Waals surface area contributed by atoms with Crippen molar-refractivity contribution >= 4 is 11.6 Å². The summed E-state index contributed by atoms with van der Waals surface area (Å²) in [5.41, 5.74) is 11.8. The summed E-state index contributed by atoms with van der Waals surface area (Å²) in [4.78, 5) is 11.4. The van der Waals surface area contributed by atoms with Gasteiger partial charge in [0, 0.05) is 22.5 Å². The Morgan fingerprint density at radius 3 is 3.05 bits per heavy atom. The molecule has 98 valence electrons. The summed E-state index contributed by atoms with van der Waals surface area (Å²) in [6.07, 6.45) is 1.24. The largest absolute Gasteiger partial charge is 0.330 e. The molecule has 0 radical (unpaired) electrons. The van der Waals surface area contributed by atoms with Gasteiger partial charge in [-0.25, -0.2) is 0 Å². The zero-order valence-electron chi connectivity index (χ0n) is 10.8. The van der Waals surface area contributed by atoms with Crippen molar-refractivity contribution in [2.75, 3.05) is 11.9 Å². The topological polar surface area (TPSA) is 83.8 Å². The number of nitrogens with zero attached hydrogens (tertiary/aromatic N) is 1. The number of aryl methyl sites for hydroxylation is 1. The van der Waals surface area contributed by atoms with Crippen molar-refractivity contribution in [2.45, 2.75) is 19.8 Å². The first-order valence-electron chi connectivity index (χ1n) is 6.36. The molecule has 19 heavy (non-hydrogen) atoms. The van der Waals surface area contributed by atoms with Gasteiger partial charge in [-0.3, -0.25) is 9.89 Å². The van der Waals surface area contributed by atoms with Crippen LogP contribution in [0.2, 0.25) is 0 Å². The first kappa shape index (κ1) is 11.9. The molecule has 1 aromatic heterocycles. The third-order valence-corrected chi connectivity index (χ3v) is 3.47. The standard InChI is InChI=1S/C14H16N4O/c1-8-11(4-5-15)14(18-17-8)9-2-3-12-10(6-9)7-13(19)16-12/h2-3,6H,4-5,7,15H2,1H3,(H,16,19)(H,17,18). The lowest BCUT2D eigenvalue weighted by molar-refractivity contribution is -0.115. The van der Waals surface area contributed by atoms with Crippen molar-refractivity contribution in [3.63, 3.8) is 0 Å². The fraction of sp³-hybridized carbons (Fsp3) is 0.286. The lowest BCUT2D eigenvalue weighted by atomic mass is 10.0. The molecule has 0 unspecified atom stereocenters. The highest BCUT2D eigenvalue weighted by molar-refractivity contribution is 5.99. The van der Waals surface area contributed by atoms with Crippen LogP contribution in [0.4, 0.5) is 5.69 Å². The van der Waals surface area contributed by atoms with E-state index in [4.69, 9.17) is 5.73 Å². The second kappa shape index (κ2) is 4.51. The van der Waals surface area contributed by atoms with Crippen LogP contribution in [0.15, 0.2) is 18.2 Å². The van der Waals surface area contributed by atoms with Gasteiger partial charge in [0.15, 0.2) is 0 Å². The number of hydrogen-bond acceptors (Lipinski definition) is 3. The summed E-state index contributed by atoms with van der Waals surface area (Å²) in [6.45, 7) is 2.60. The van der Waals surface area contributed by atoms with Gasteiger partial charge in [0.05, 0.1) is 12.1 Å². The lowest BCUT2D eigenvalue weighted by Crippen LogP contribution is -2.04. The molecule has 1 aliphatic rings. The van der Waals surface area contributed by atoms with Crippen molar-refractivity contribution in [3.8, 4) is 11.3 Å². The van der Waals surface area contributed by atoms with Crippen LogP contribution in [-0.2, 0) is 17.6 Å². The summed E-state index contributed by atoms with van der Waals surface area (Å²) >= 11 is 0. The second-order valence-corrected chi connectivity index (χ2v) is 4.81. The van der Waals surface area contributed by atoms with Gasteiger partial charge in [0.2, 0.25) is 5.91 Å². The molecule has 1 aliphatic heterocycles. The van der Waals surface area contributed by atoms with Crippen LogP contribution in [0.1, 0.15) is 16.8 Å². The van der Waals surface area contributed by atoms with Gasteiger partial charge >= 0.3 is 0 Å². The second-order valence-electron chi connectivity index (χ2n) is 4.81. The SMILES string of the molecule is Cc1[nH]nc(-c2ccc3c(c2)CC(=O)N3)c1CCN. The maximum absolute atomic E-state index is 11.4. The third-order valence-electron chi connectivity index (χ3n) is 3.47. The van der Waals surface area contributed by atoms with Crippen LogP contribution in [-0.4, -0.2) is 22.6 Å². The number of benzene rings is 1. The number of amides is 1. The van der Waals surface area contributed by atoms with Gasteiger partial charge < -0.3 is 11.1 Å². The molecule has 2 heterocycles. The Labute approximate surface area is 111 Å². The number of nitrogens with two attached hydrogens (primary N) is 1. The maximum Gasteiger partial charge on any atom is 0.228 e. The number of carbonyl (C=O) groups is 1. The van der Waals surface area contributed by atoms with Gasteiger partial charge in [-0.15, -0.1) is 0 Å². The van der Waals surface area contributed by atoms with E-state index in [0.29, 0.717) is 13.0 Å². The normalized spacial score (nSPS) is 13.5. The highest BCUT2D eigenvalue weighted by Gasteiger charge is 2.19. The summed E-state index contributed by atoms with van der Waals surface area (Å²) in [5, 5.41) is 10.2. The van der Waals surface area contributed by atoms with Crippen molar-refractivity contribution in [1.29, 1.82) is 0 Å². The predicted molar refractivity (Wildman–Crippen MR) is 73.9 cm³/mol. The van der Waals surface area contributed by atoms with Gasteiger partial charge in [-0.2, -0.15) is 5.10 Å². The summed E-state index contributed by atoms with van der Waals surface area (Å²) in [7, 11) is 0. The Morgan fingerprint density at radius 1 is 1.42 bits per heavy atom. The number of nitrogens with one attached hydrogen (secondary N) is 2. The first-order chi connectivity index (χ1) is 9.19. The summed E-state index contributed by atoms with van der Waals surface area (Å²) in [5.74, 6) is 0.0486. The van der Waals surface area contributed by atoms with E-state index in [-0.39, 0.29) is 5.91 Å². The van der Waals surface area contributed by atoms with Crippen molar-refractivity contribution < 1.29 is 4.79 Å². The number of anilines is 1. The Kier molecular flexibility index (Phi) is 2.83. The van der Waals surface area contributed by atoms with E-state index in [1.54, 1.807) is 0 Å². The molecule has 0 spiro atoms. The summed E-state index contributed by atoms with van der Waals surface area (Å²) in [6, 6.07) is 5.95. The van der Waals surface area contributed by atoms with Crippen LogP contribution in [0.25, 0.3) is 11.3 Å². The van der Waals surface area contributed by atoms with Crippen molar-refractivity contribution in [2.24, 2.45) is 5.73 Å². The fourth-order valence-corrected chi connectivity index (χ4v) is 2.52. The lowest BCUT2D eigenvalue weighted by Gasteiger charge is -2.05. The Morgan fingerprint density at radius 2 is 2.26 bits per heavy atom. The summed E-state index contributed by atoms with van der Waals surface area (Å²) < 4.78 is 0. The Hall–Kier alpha value is -2.14. The van der Waals surface area contributed by atoms with Gasteiger partial charge in [-0.1, -0.05) is 6.07 Å². The maximum atomic E-state index is 11.4. The molecule has 0 atom stereocenters. The first-order valence-corrected chi connectivity index (χ1v) is 6.36. The van der Waals surface area contributed by atoms with Gasteiger partial charge in [0.1, 0.15) is 0 Å². The number of aromatic nitrogens is 2. The van der Waals surface area contributed by atoms with E-state index in [0.717, 1.165) is 40.2 Å². The molecule has 1 aromatic carbocycles. The van der Waals surface area contributed by atoms with E-state index in [9.17, 15) is 4.79 Å². The molecule has 1 amide bonds. The van der Waals surface area contributed by atoms with E-state index in [2.05, 4.69) is 15.5 Å². The Bertz CT molecular complexity index is 645. The molecule has 2 aromatic rings. The molecule has 0 bridgehead atoms. The van der Waals surface area contributed by atoms with Crippen LogP contribution in [0.3, 0.4) is 0 Å². The quantitative estimate of drug-likeness (QED) is 0.775. The number of rotatable bonds is 3. The van der Waals surface area contributed by atoms with E-state index >= 15 is 0 Å². The third kappa shape index (κ3) is 2.02. The zero-order chi connectivity index (χ0) is 13.4. The van der Waals surface area contributed by atoms with E-state index in [1.807, 2.05) is 25.1 Å². The van der Waals surface area contributed by atoms with Crippen LogP contribution >= 0.6 is 0 Å². The average molecular weight is 256 g/mol. The van der Waals surface area contributed by atoms with Crippen LogP contribution in [0, 0.1) is 6.92 Å². The number of H-pyrrole nitrogens is 1. The minimum absolute atomic E-state index is 0.0486. The molecule has 5 heteroatoms. The van der Waals surface area contributed by atoms with E-state index in [1.165, 1.54) is 0 Å². The number of carbonyl (C=O) groups excluding carboxylic acids is 1. The molecule has 0 saturated heterocycles. The highest BCUT2D eigenvalue weighted by Crippen LogP contribution is 2.30. The minimum atomic E-state index is 0.0486. The van der Waals surface area contributed by atoms with Gasteiger partial charge in [-0.05, 0) is 37.6 Å². The molecular weight excluding hydrogens is 240 g/mol. The zero-order valence-corrected chi connectivity index (χ0v) is 10.8. The predicted octanol–water partition coefficient (Wildman–Crippen LogP) is 1.38. The molecule has 0 aliphatic carbocycles. The van der Waals surface area contributed by atoms with Crippen molar-refractivity contribution in [1.82, 2.24) is 10.2 Å². The van der Waals surface area contributed by atoms with E-state index < -0.39 is 0 Å². The number of hydrogen-bond donors (Lipinski definition) is 3. The average Bonchev–Trinajstić information content (AvgIpc) is 2.92. The molecule has 0 fully saturated rings. The molecule has 5 nitrogen and oxygen atoms in total. The molecule has 0 saturated carbocycles.